The summed E-state index contributed by atoms with van der Waals surface area (Å²) < 4.78 is 5.49. The Hall–Kier alpha value is -0.120. The molecule has 2 heterocycles. The number of rotatable bonds is 4. The van der Waals surface area contributed by atoms with Gasteiger partial charge in [0.2, 0.25) is 0 Å². The zero-order valence-electron chi connectivity index (χ0n) is 10.7. The lowest BCUT2D eigenvalue weighted by molar-refractivity contribution is 0.138. The number of likely N-dealkylation sites (tertiary alicyclic amines) is 1. The third-order valence-electron chi connectivity index (χ3n) is 4.10. The number of nitrogens with one attached hydrogen (secondary N) is 1. The lowest BCUT2D eigenvalue weighted by Crippen LogP contribution is -2.47. The van der Waals surface area contributed by atoms with Gasteiger partial charge in [0.15, 0.2) is 0 Å². The Labute approximate surface area is 99.5 Å². The molecule has 0 radical (unpaired) electrons. The fourth-order valence-electron chi connectivity index (χ4n) is 3.08. The van der Waals surface area contributed by atoms with Crippen molar-refractivity contribution in [3.05, 3.63) is 0 Å². The molecule has 0 aromatic carbocycles. The van der Waals surface area contributed by atoms with Crippen LogP contribution in [0.15, 0.2) is 0 Å². The summed E-state index contributed by atoms with van der Waals surface area (Å²) in [5, 5.41) is 3.48. The lowest BCUT2D eigenvalue weighted by Gasteiger charge is -2.35. The Kier molecular flexibility index (Phi) is 4.62. The Morgan fingerprint density at radius 1 is 1.44 bits per heavy atom. The number of ether oxygens (including phenoxy) is 1. The predicted octanol–water partition coefficient (Wildman–Crippen LogP) is 1.34. The first-order valence-corrected chi connectivity index (χ1v) is 6.77. The molecule has 2 fully saturated rings. The molecule has 3 atom stereocenters. The molecule has 1 N–H and O–H groups in total. The molecular weight excluding hydrogens is 200 g/mol. The van der Waals surface area contributed by atoms with E-state index < -0.39 is 0 Å². The molecule has 0 aromatic rings. The molecule has 3 heteroatoms. The van der Waals surface area contributed by atoms with Crippen LogP contribution in [0.3, 0.4) is 0 Å². The van der Waals surface area contributed by atoms with Gasteiger partial charge in [-0.15, -0.1) is 0 Å². The predicted molar refractivity (Wildman–Crippen MR) is 66.6 cm³/mol. The van der Waals surface area contributed by atoms with E-state index in [-0.39, 0.29) is 0 Å². The van der Waals surface area contributed by atoms with Gasteiger partial charge in [0, 0.05) is 31.7 Å². The van der Waals surface area contributed by atoms with Crippen LogP contribution in [0.2, 0.25) is 0 Å². The summed E-state index contributed by atoms with van der Waals surface area (Å²) in [5.41, 5.74) is 0. The van der Waals surface area contributed by atoms with E-state index in [4.69, 9.17) is 4.74 Å². The zero-order chi connectivity index (χ0) is 11.4. The number of piperidine rings is 1. The smallest absolute Gasteiger partial charge is 0.0510 e. The molecule has 3 nitrogen and oxygen atoms in total. The van der Waals surface area contributed by atoms with Crippen molar-refractivity contribution < 1.29 is 4.74 Å². The van der Waals surface area contributed by atoms with Gasteiger partial charge in [-0.25, -0.2) is 0 Å². The second-order valence-electron chi connectivity index (χ2n) is 5.53. The molecule has 2 saturated heterocycles. The first-order chi connectivity index (χ1) is 7.79. The van der Waals surface area contributed by atoms with Crippen molar-refractivity contribution in [3.8, 4) is 0 Å². The van der Waals surface area contributed by atoms with Crippen LogP contribution in [-0.2, 0) is 4.74 Å². The highest BCUT2D eigenvalue weighted by Gasteiger charge is 2.27. The second-order valence-corrected chi connectivity index (χ2v) is 5.53. The SMILES string of the molecule is CNC(CN1CCCC(C)C1)C1CCOC1. The number of likely N-dealkylation sites (N-methyl/N-ethyl adjacent to an activating group) is 1. The van der Waals surface area contributed by atoms with Crippen LogP contribution in [0.25, 0.3) is 0 Å². The van der Waals surface area contributed by atoms with Gasteiger partial charge in [0.1, 0.15) is 0 Å². The van der Waals surface area contributed by atoms with Crippen molar-refractivity contribution in [2.75, 3.05) is 39.9 Å². The maximum atomic E-state index is 5.49. The third-order valence-corrected chi connectivity index (χ3v) is 4.10. The Bertz CT molecular complexity index is 204. The fraction of sp³-hybridized carbons (Fsp3) is 1.00. The molecular formula is C13H26N2O. The van der Waals surface area contributed by atoms with Crippen molar-refractivity contribution in [2.24, 2.45) is 11.8 Å². The highest BCUT2D eigenvalue weighted by molar-refractivity contribution is 4.83. The van der Waals surface area contributed by atoms with Gasteiger partial charge in [-0.3, -0.25) is 0 Å². The summed E-state index contributed by atoms with van der Waals surface area (Å²) >= 11 is 0. The quantitative estimate of drug-likeness (QED) is 0.783. The zero-order valence-corrected chi connectivity index (χ0v) is 10.7. The van der Waals surface area contributed by atoms with Crippen molar-refractivity contribution in [2.45, 2.75) is 32.2 Å². The molecule has 0 bridgehead atoms. The minimum absolute atomic E-state index is 0.618. The largest absolute Gasteiger partial charge is 0.381 e. The van der Waals surface area contributed by atoms with E-state index in [0.29, 0.717) is 6.04 Å². The molecule has 0 spiro atoms. The third kappa shape index (κ3) is 3.19. The molecule has 2 aliphatic heterocycles. The van der Waals surface area contributed by atoms with Crippen LogP contribution in [0, 0.1) is 11.8 Å². The van der Waals surface area contributed by atoms with Gasteiger partial charge >= 0.3 is 0 Å². The number of hydrogen-bond acceptors (Lipinski definition) is 3. The van der Waals surface area contributed by atoms with Crippen molar-refractivity contribution >= 4 is 0 Å². The highest BCUT2D eigenvalue weighted by atomic mass is 16.5. The van der Waals surface area contributed by atoms with Gasteiger partial charge in [-0.05, 0) is 38.8 Å². The first kappa shape index (κ1) is 12.3. The standard InChI is InChI=1S/C13H26N2O/c1-11-4-3-6-15(8-11)9-13(14-2)12-5-7-16-10-12/h11-14H,3-10H2,1-2H3. The van der Waals surface area contributed by atoms with Crippen LogP contribution in [0.5, 0.6) is 0 Å². The van der Waals surface area contributed by atoms with Crippen molar-refractivity contribution in [3.63, 3.8) is 0 Å². The van der Waals surface area contributed by atoms with E-state index in [9.17, 15) is 0 Å². The van der Waals surface area contributed by atoms with Gasteiger partial charge in [0.25, 0.3) is 0 Å². The molecule has 2 rings (SSSR count). The van der Waals surface area contributed by atoms with Crippen molar-refractivity contribution in [1.29, 1.82) is 0 Å². The van der Waals surface area contributed by atoms with Crippen LogP contribution < -0.4 is 5.32 Å². The molecule has 0 saturated carbocycles. The van der Waals surface area contributed by atoms with E-state index in [1.54, 1.807) is 0 Å². The van der Waals surface area contributed by atoms with Crippen LogP contribution in [0.1, 0.15) is 26.2 Å². The molecule has 0 aromatic heterocycles. The summed E-state index contributed by atoms with van der Waals surface area (Å²) in [6, 6.07) is 0.618. The topological polar surface area (TPSA) is 24.5 Å². The monoisotopic (exact) mass is 226 g/mol. The molecule has 2 aliphatic rings. The van der Waals surface area contributed by atoms with Crippen molar-refractivity contribution in [1.82, 2.24) is 10.2 Å². The first-order valence-electron chi connectivity index (χ1n) is 6.77. The van der Waals surface area contributed by atoms with Crippen LogP contribution >= 0.6 is 0 Å². The number of hydrogen-bond donors (Lipinski definition) is 1. The van der Waals surface area contributed by atoms with Crippen LogP contribution in [-0.4, -0.2) is 50.8 Å². The molecule has 3 unspecified atom stereocenters. The van der Waals surface area contributed by atoms with E-state index >= 15 is 0 Å². The second kappa shape index (κ2) is 5.99. The lowest BCUT2D eigenvalue weighted by atomic mass is 9.95. The summed E-state index contributed by atoms with van der Waals surface area (Å²) in [5.74, 6) is 1.60. The summed E-state index contributed by atoms with van der Waals surface area (Å²) in [7, 11) is 2.09. The minimum atomic E-state index is 0.618. The van der Waals surface area contributed by atoms with E-state index in [1.165, 1.54) is 38.9 Å². The van der Waals surface area contributed by atoms with Gasteiger partial charge < -0.3 is 15.0 Å². The average Bonchev–Trinajstić information content (AvgIpc) is 2.79. The van der Waals surface area contributed by atoms with Gasteiger partial charge in [-0.1, -0.05) is 6.92 Å². The molecule has 16 heavy (non-hydrogen) atoms. The summed E-state index contributed by atoms with van der Waals surface area (Å²) in [6.07, 6.45) is 4.01. The molecule has 0 aliphatic carbocycles. The highest BCUT2D eigenvalue weighted by Crippen LogP contribution is 2.20. The van der Waals surface area contributed by atoms with E-state index in [2.05, 4.69) is 24.2 Å². The Morgan fingerprint density at radius 3 is 2.94 bits per heavy atom. The minimum Gasteiger partial charge on any atom is -0.381 e. The Morgan fingerprint density at radius 2 is 2.31 bits per heavy atom. The maximum Gasteiger partial charge on any atom is 0.0510 e. The number of nitrogens with zero attached hydrogens (tertiary/aromatic N) is 1. The van der Waals surface area contributed by atoms with E-state index in [1.807, 2.05) is 0 Å². The fourth-order valence-corrected chi connectivity index (χ4v) is 3.08. The average molecular weight is 226 g/mol. The normalized spacial score (nSPS) is 34.1. The van der Waals surface area contributed by atoms with Gasteiger partial charge in [-0.2, -0.15) is 0 Å². The maximum absolute atomic E-state index is 5.49. The summed E-state index contributed by atoms with van der Waals surface area (Å²) in [4.78, 5) is 2.63. The molecule has 0 amide bonds. The van der Waals surface area contributed by atoms with E-state index in [0.717, 1.165) is 25.0 Å². The Balaban J connectivity index is 1.80. The van der Waals surface area contributed by atoms with Crippen LogP contribution in [0.4, 0.5) is 0 Å². The summed E-state index contributed by atoms with van der Waals surface area (Å²) in [6.45, 7) is 8.06. The van der Waals surface area contributed by atoms with Gasteiger partial charge in [0.05, 0.1) is 6.61 Å². The molecule has 94 valence electrons.